The molecule has 2 aromatic carbocycles. The van der Waals surface area contributed by atoms with E-state index in [1.54, 1.807) is 6.07 Å². The molecule has 0 aliphatic carbocycles. The first-order valence-electron chi connectivity index (χ1n) is 7.64. The largest absolute Gasteiger partial charge is 0.491 e. The molecule has 0 fully saturated rings. The lowest BCUT2D eigenvalue weighted by atomic mass is 10.2. The highest BCUT2D eigenvalue weighted by molar-refractivity contribution is 5.95. The van der Waals surface area contributed by atoms with Gasteiger partial charge in [0.2, 0.25) is 0 Å². The van der Waals surface area contributed by atoms with Crippen molar-refractivity contribution in [3.63, 3.8) is 0 Å². The molecule has 0 radical (unpaired) electrons. The third kappa shape index (κ3) is 3.72. The normalized spacial score (nSPS) is 10.9. The molecule has 4 nitrogen and oxygen atoms in total. The van der Waals surface area contributed by atoms with E-state index in [4.69, 9.17) is 9.15 Å². The Morgan fingerprint density at radius 3 is 2.57 bits per heavy atom. The quantitative estimate of drug-likeness (QED) is 0.770. The summed E-state index contributed by atoms with van der Waals surface area (Å²) in [5.41, 5.74) is 1.72. The van der Waals surface area contributed by atoms with E-state index < -0.39 is 0 Å². The highest BCUT2D eigenvalue weighted by Crippen LogP contribution is 2.19. The van der Waals surface area contributed by atoms with Crippen LogP contribution in [-0.2, 0) is 6.54 Å². The van der Waals surface area contributed by atoms with E-state index >= 15 is 0 Å². The number of benzene rings is 2. The molecule has 4 heteroatoms. The fourth-order valence-corrected chi connectivity index (χ4v) is 2.32. The van der Waals surface area contributed by atoms with E-state index in [1.165, 1.54) is 0 Å². The van der Waals surface area contributed by atoms with Crippen LogP contribution in [-0.4, -0.2) is 12.0 Å². The number of rotatable bonds is 5. The predicted molar refractivity (Wildman–Crippen MR) is 89.6 cm³/mol. The molecular weight excluding hydrogens is 290 g/mol. The zero-order valence-corrected chi connectivity index (χ0v) is 13.2. The van der Waals surface area contributed by atoms with Crippen molar-refractivity contribution in [1.82, 2.24) is 5.32 Å². The second-order valence-corrected chi connectivity index (χ2v) is 5.64. The lowest BCUT2D eigenvalue weighted by molar-refractivity contribution is 0.0925. The number of furan rings is 1. The van der Waals surface area contributed by atoms with Crippen LogP contribution in [0.15, 0.2) is 59.0 Å². The van der Waals surface area contributed by atoms with Crippen LogP contribution in [0, 0.1) is 0 Å². The Labute approximate surface area is 135 Å². The number of hydrogen-bond donors (Lipinski definition) is 1. The third-order valence-corrected chi connectivity index (χ3v) is 3.40. The van der Waals surface area contributed by atoms with Crippen molar-refractivity contribution in [1.29, 1.82) is 0 Å². The number of para-hydroxylation sites is 1. The first-order valence-corrected chi connectivity index (χ1v) is 7.64. The molecule has 3 aromatic rings. The molecule has 118 valence electrons. The minimum atomic E-state index is -0.219. The van der Waals surface area contributed by atoms with E-state index in [0.717, 1.165) is 16.7 Å². The standard InChI is InChI=1S/C19H19NO3/c1-13(2)22-16-9-7-14(8-10-16)12-20-19(21)18-11-15-5-3-4-6-17(15)23-18/h3-11,13H,12H2,1-2H3,(H,20,21). The van der Waals surface area contributed by atoms with Crippen molar-refractivity contribution in [3.8, 4) is 5.75 Å². The second kappa shape index (κ2) is 6.57. The van der Waals surface area contributed by atoms with E-state index in [2.05, 4.69) is 5.32 Å². The van der Waals surface area contributed by atoms with Gasteiger partial charge in [0.1, 0.15) is 11.3 Å². The SMILES string of the molecule is CC(C)Oc1ccc(CNC(=O)c2cc3ccccc3o2)cc1. The maximum Gasteiger partial charge on any atom is 0.287 e. The summed E-state index contributed by atoms with van der Waals surface area (Å²) >= 11 is 0. The predicted octanol–water partition coefficient (Wildman–Crippen LogP) is 4.15. The average Bonchev–Trinajstić information content (AvgIpc) is 2.97. The van der Waals surface area contributed by atoms with Gasteiger partial charge in [-0.2, -0.15) is 0 Å². The Bertz CT molecular complexity index is 770. The van der Waals surface area contributed by atoms with Crippen molar-refractivity contribution >= 4 is 16.9 Å². The first kappa shape index (κ1) is 15.2. The average molecular weight is 309 g/mol. The number of nitrogens with one attached hydrogen (secondary N) is 1. The highest BCUT2D eigenvalue weighted by Gasteiger charge is 2.11. The zero-order valence-electron chi connectivity index (χ0n) is 13.2. The highest BCUT2D eigenvalue weighted by atomic mass is 16.5. The van der Waals surface area contributed by atoms with E-state index in [1.807, 2.05) is 62.4 Å². The zero-order chi connectivity index (χ0) is 16.2. The molecule has 0 aliphatic heterocycles. The van der Waals surface area contributed by atoms with Gasteiger partial charge in [-0.05, 0) is 43.7 Å². The molecule has 23 heavy (non-hydrogen) atoms. The Balaban J connectivity index is 1.62. The van der Waals surface area contributed by atoms with Crippen LogP contribution in [0.4, 0.5) is 0 Å². The van der Waals surface area contributed by atoms with Gasteiger partial charge in [0.05, 0.1) is 6.10 Å². The molecule has 0 saturated heterocycles. The van der Waals surface area contributed by atoms with Gasteiger partial charge in [0.25, 0.3) is 5.91 Å². The van der Waals surface area contributed by atoms with Gasteiger partial charge >= 0.3 is 0 Å². The monoisotopic (exact) mass is 309 g/mol. The molecule has 0 atom stereocenters. The molecule has 0 saturated carbocycles. The van der Waals surface area contributed by atoms with E-state index in [9.17, 15) is 4.79 Å². The van der Waals surface area contributed by atoms with Crippen LogP contribution in [0.2, 0.25) is 0 Å². The molecule has 0 unspecified atom stereocenters. The van der Waals surface area contributed by atoms with Crippen molar-refractivity contribution in [2.75, 3.05) is 0 Å². The Morgan fingerprint density at radius 1 is 1.13 bits per heavy atom. The summed E-state index contributed by atoms with van der Waals surface area (Å²) in [6.45, 7) is 4.42. The smallest absolute Gasteiger partial charge is 0.287 e. The molecular formula is C19H19NO3. The number of carbonyl (C=O) groups is 1. The fourth-order valence-electron chi connectivity index (χ4n) is 2.32. The van der Waals surface area contributed by atoms with E-state index in [-0.39, 0.29) is 12.0 Å². The fraction of sp³-hybridized carbons (Fsp3) is 0.211. The summed E-state index contributed by atoms with van der Waals surface area (Å²) in [5.74, 6) is 0.932. The summed E-state index contributed by atoms with van der Waals surface area (Å²) in [7, 11) is 0. The summed E-state index contributed by atoms with van der Waals surface area (Å²) in [6, 6.07) is 17.0. The lowest BCUT2D eigenvalue weighted by Gasteiger charge is -2.10. The summed E-state index contributed by atoms with van der Waals surface area (Å²) in [5, 5.41) is 3.79. The second-order valence-electron chi connectivity index (χ2n) is 5.64. The van der Waals surface area contributed by atoms with E-state index in [0.29, 0.717) is 17.9 Å². The maximum atomic E-state index is 12.2. The molecule has 1 amide bonds. The van der Waals surface area contributed by atoms with Crippen LogP contribution >= 0.6 is 0 Å². The minimum Gasteiger partial charge on any atom is -0.491 e. The maximum absolute atomic E-state index is 12.2. The van der Waals surface area contributed by atoms with Crippen LogP contribution in [0.5, 0.6) is 5.75 Å². The Kier molecular flexibility index (Phi) is 4.33. The van der Waals surface area contributed by atoms with Gasteiger partial charge in [-0.3, -0.25) is 4.79 Å². The van der Waals surface area contributed by atoms with Crippen LogP contribution in [0.3, 0.4) is 0 Å². The van der Waals surface area contributed by atoms with Gasteiger partial charge in [-0.15, -0.1) is 0 Å². The minimum absolute atomic E-state index is 0.147. The molecule has 1 aromatic heterocycles. The number of fused-ring (bicyclic) bond motifs is 1. The third-order valence-electron chi connectivity index (χ3n) is 3.40. The number of amides is 1. The molecule has 1 N–H and O–H groups in total. The first-order chi connectivity index (χ1) is 11.1. The van der Waals surface area contributed by atoms with Crippen molar-refractivity contribution in [2.45, 2.75) is 26.5 Å². The van der Waals surface area contributed by atoms with Crippen LogP contribution < -0.4 is 10.1 Å². The molecule has 0 bridgehead atoms. The van der Waals surface area contributed by atoms with Gasteiger partial charge in [0, 0.05) is 11.9 Å². The lowest BCUT2D eigenvalue weighted by Crippen LogP contribution is -2.22. The van der Waals surface area contributed by atoms with Crippen molar-refractivity contribution in [2.24, 2.45) is 0 Å². The van der Waals surface area contributed by atoms with Crippen LogP contribution in [0.25, 0.3) is 11.0 Å². The Morgan fingerprint density at radius 2 is 1.87 bits per heavy atom. The van der Waals surface area contributed by atoms with Crippen molar-refractivity contribution < 1.29 is 13.9 Å². The van der Waals surface area contributed by atoms with Gasteiger partial charge in [0.15, 0.2) is 5.76 Å². The molecule has 0 spiro atoms. The van der Waals surface area contributed by atoms with Gasteiger partial charge < -0.3 is 14.5 Å². The number of ether oxygens (including phenoxy) is 1. The Hall–Kier alpha value is -2.75. The molecule has 3 rings (SSSR count). The van der Waals surface area contributed by atoms with Gasteiger partial charge in [-0.25, -0.2) is 0 Å². The molecule has 1 heterocycles. The van der Waals surface area contributed by atoms with Gasteiger partial charge in [-0.1, -0.05) is 30.3 Å². The summed E-state index contributed by atoms with van der Waals surface area (Å²) in [4.78, 5) is 12.2. The van der Waals surface area contributed by atoms with Crippen LogP contribution in [0.1, 0.15) is 30.0 Å². The van der Waals surface area contributed by atoms with Crippen molar-refractivity contribution in [3.05, 3.63) is 65.9 Å². The summed E-state index contributed by atoms with van der Waals surface area (Å²) in [6.07, 6.45) is 0.147. The number of hydrogen-bond acceptors (Lipinski definition) is 3. The number of carbonyl (C=O) groups excluding carboxylic acids is 1. The molecule has 0 aliphatic rings. The summed E-state index contributed by atoms with van der Waals surface area (Å²) < 4.78 is 11.1. The topological polar surface area (TPSA) is 51.5 Å².